The van der Waals surface area contributed by atoms with Gasteiger partial charge >= 0.3 is 0 Å². The molecule has 0 saturated heterocycles. The van der Waals surface area contributed by atoms with Crippen LogP contribution in [0.1, 0.15) is 36.0 Å². The van der Waals surface area contributed by atoms with Gasteiger partial charge in [-0.2, -0.15) is 5.10 Å². The van der Waals surface area contributed by atoms with E-state index in [1.54, 1.807) is 18.3 Å². The number of hydrogen-bond donors (Lipinski definition) is 2. The fourth-order valence-electron chi connectivity index (χ4n) is 3.10. The van der Waals surface area contributed by atoms with Crippen molar-refractivity contribution in [2.75, 3.05) is 6.54 Å². The normalized spacial score (nSPS) is 20.2. The molecular formula is C17H20N4O4. The van der Waals surface area contributed by atoms with E-state index < -0.39 is 4.92 Å². The van der Waals surface area contributed by atoms with Gasteiger partial charge in [-0.15, -0.1) is 0 Å². The van der Waals surface area contributed by atoms with Gasteiger partial charge in [0.15, 0.2) is 0 Å². The Bertz CT molecular complexity index is 756. The number of nitro groups is 1. The fraction of sp³-hybridized carbons (Fsp3) is 0.412. The first-order valence-electron chi connectivity index (χ1n) is 8.28. The van der Waals surface area contributed by atoms with E-state index in [2.05, 4.69) is 10.4 Å². The number of rotatable bonds is 5. The van der Waals surface area contributed by atoms with Crippen molar-refractivity contribution in [2.24, 2.45) is 5.92 Å². The Morgan fingerprint density at radius 1 is 1.36 bits per heavy atom. The summed E-state index contributed by atoms with van der Waals surface area (Å²) in [6.45, 7) is 0.540. The summed E-state index contributed by atoms with van der Waals surface area (Å²) in [5, 5.41) is 27.4. The third kappa shape index (κ3) is 4.21. The molecule has 1 heterocycles. The monoisotopic (exact) mass is 344 g/mol. The zero-order valence-corrected chi connectivity index (χ0v) is 13.7. The van der Waals surface area contributed by atoms with Crippen molar-refractivity contribution in [2.45, 2.75) is 31.8 Å². The molecule has 1 saturated carbocycles. The third-order valence-electron chi connectivity index (χ3n) is 4.48. The Kier molecular flexibility index (Phi) is 5.08. The van der Waals surface area contributed by atoms with Crippen LogP contribution in [0.5, 0.6) is 0 Å². The Balaban J connectivity index is 1.60. The molecule has 3 rings (SSSR count). The van der Waals surface area contributed by atoms with E-state index in [1.165, 1.54) is 23.0 Å². The first-order valence-corrected chi connectivity index (χ1v) is 8.28. The van der Waals surface area contributed by atoms with Gasteiger partial charge in [0, 0.05) is 24.9 Å². The molecule has 2 atom stereocenters. The zero-order valence-electron chi connectivity index (χ0n) is 13.7. The van der Waals surface area contributed by atoms with Crippen molar-refractivity contribution in [1.82, 2.24) is 15.1 Å². The molecule has 1 aliphatic rings. The number of carbonyl (C=O) groups is 1. The molecule has 2 aromatic rings. The second kappa shape index (κ2) is 7.43. The summed E-state index contributed by atoms with van der Waals surface area (Å²) in [6.07, 6.45) is 6.35. The van der Waals surface area contributed by atoms with Crippen LogP contribution in [0.25, 0.3) is 5.69 Å². The van der Waals surface area contributed by atoms with Crippen LogP contribution < -0.4 is 5.32 Å². The molecule has 1 aromatic carbocycles. The van der Waals surface area contributed by atoms with Gasteiger partial charge in [-0.1, -0.05) is 6.42 Å². The van der Waals surface area contributed by atoms with Gasteiger partial charge in [-0.25, -0.2) is 4.68 Å². The number of aromatic nitrogens is 2. The standard InChI is InChI=1S/C17H20N4O4/c22-16-3-1-2-12(8-16)9-18-17(23)13-10-19-20(11-13)14-4-6-15(7-5-14)21(24)25/h4-7,10-12,16,22H,1-3,8-9H2,(H,18,23). The molecule has 8 nitrogen and oxygen atoms in total. The topological polar surface area (TPSA) is 110 Å². The lowest BCUT2D eigenvalue weighted by atomic mass is 9.87. The summed E-state index contributed by atoms with van der Waals surface area (Å²) >= 11 is 0. The predicted molar refractivity (Wildman–Crippen MR) is 90.5 cm³/mol. The molecule has 1 amide bonds. The molecule has 1 fully saturated rings. The minimum Gasteiger partial charge on any atom is -0.393 e. The summed E-state index contributed by atoms with van der Waals surface area (Å²) in [7, 11) is 0. The van der Waals surface area contributed by atoms with Crippen LogP contribution in [-0.2, 0) is 0 Å². The summed E-state index contributed by atoms with van der Waals surface area (Å²) < 4.78 is 1.50. The van der Waals surface area contributed by atoms with Gasteiger partial charge in [-0.05, 0) is 37.3 Å². The van der Waals surface area contributed by atoms with E-state index in [0.29, 0.717) is 23.7 Å². The molecule has 1 aromatic heterocycles. The van der Waals surface area contributed by atoms with E-state index in [9.17, 15) is 20.0 Å². The van der Waals surface area contributed by atoms with Gasteiger partial charge in [0.2, 0.25) is 0 Å². The minimum absolute atomic E-state index is 0.00328. The van der Waals surface area contributed by atoms with E-state index in [4.69, 9.17) is 0 Å². The number of non-ortho nitro benzene ring substituents is 1. The van der Waals surface area contributed by atoms with E-state index in [0.717, 1.165) is 25.7 Å². The zero-order chi connectivity index (χ0) is 17.8. The number of amides is 1. The highest BCUT2D eigenvalue weighted by atomic mass is 16.6. The van der Waals surface area contributed by atoms with Gasteiger partial charge in [0.05, 0.1) is 28.5 Å². The highest BCUT2D eigenvalue weighted by Gasteiger charge is 2.21. The Morgan fingerprint density at radius 2 is 2.12 bits per heavy atom. The molecule has 2 unspecified atom stereocenters. The number of hydrogen-bond acceptors (Lipinski definition) is 5. The number of nitro benzene ring substituents is 1. The Labute approximate surface area is 144 Å². The van der Waals surface area contributed by atoms with Crippen LogP contribution in [0.4, 0.5) is 5.69 Å². The van der Waals surface area contributed by atoms with Crippen LogP contribution in [-0.4, -0.2) is 38.4 Å². The lowest BCUT2D eigenvalue weighted by Crippen LogP contribution is -2.32. The Hall–Kier alpha value is -2.74. The number of aliphatic hydroxyl groups excluding tert-OH is 1. The van der Waals surface area contributed by atoms with Gasteiger partial charge < -0.3 is 10.4 Å². The summed E-state index contributed by atoms with van der Waals surface area (Å²) in [4.78, 5) is 22.5. The fourth-order valence-corrected chi connectivity index (χ4v) is 3.10. The molecule has 0 aliphatic heterocycles. The summed E-state index contributed by atoms with van der Waals surface area (Å²) in [5.74, 6) is 0.0886. The van der Waals surface area contributed by atoms with E-state index in [-0.39, 0.29) is 17.7 Å². The molecule has 1 aliphatic carbocycles. The molecule has 0 radical (unpaired) electrons. The van der Waals surface area contributed by atoms with Crippen molar-refractivity contribution in [3.8, 4) is 5.69 Å². The maximum absolute atomic E-state index is 12.2. The molecule has 0 bridgehead atoms. The lowest BCUT2D eigenvalue weighted by Gasteiger charge is -2.25. The van der Waals surface area contributed by atoms with Crippen LogP contribution in [0.15, 0.2) is 36.7 Å². The molecule has 0 spiro atoms. The average Bonchev–Trinajstić information content (AvgIpc) is 3.10. The van der Waals surface area contributed by atoms with Crippen molar-refractivity contribution >= 4 is 11.6 Å². The van der Waals surface area contributed by atoms with E-state index >= 15 is 0 Å². The van der Waals surface area contributed by atoms with Gasteiger partial charge in [0.1, 0.15) is 0 Å². The molecular weight excluding hydrogens is 324 g/mol. The lowest BCUT2D eigenvalue weighted by molar-refractivity contribution is -0.384. The maximum atomic E-state index is 12.2. The summed E-state index contributed by atoms with van der Waals surface area (Å²) in [6, 6.07) is 5.95. The molecule has 8 heteroatoms. The number of carbonyl (C=O) groups excluding carboxylic acids is 1. The smallest absolute Gasteiger partial charge is 0.269 e. The van der Waals surface area contributed by atoms with Crippen LogP contribution in [0.2, 0.25) is 0 Å². The van der Waals surface area contributed by atoms with Crippen molar-refractivity contribution in [1.29, 1.82) is 0 Å². The summed E-state index contributed by atoms with van der Waals surface area (Å²) in [5.41, 5.74) is 1.07. The largest absolute Gasteiger partial charge is 0.393 e. The predicted octanol–water partition coefficient (Wildman–Crippen LogP) is 2.06. The molecule has 25 heavy (non-hydrogen) atoms. The van der Waals surface area contributed by atoms with Crippen molar-refractivity contribution in [3.05, 3.63) is 52.3 Å². The molecule has 132 valence electrons. The highest BCUT2D eigenvalue weighted by molar-refractivity contribution is 5.93. The second-order valence-corrected chi connectivity index (χ2v) is 6.34. The quantitative estimate of drug-likeness (QED) is 0.637. The highest BCUT2D eigenvalue weighted by Crippen LogP contribution is 2.23. The van der Waals surface area contributed by atoms with Gasteiger partial charge in [-0.3, -0.25) is 14.9 Å². The van der Waals surface area contributed by atoms with E-state index in [1.807, 2.05) is 0 Å². The molecule has 2 N–H and O–H groups in total. The second-order valence-electron chi connectivity index (χ2n) is 6.34. The first kappa shape index (κ1) is 17.1. The van der Waals surface area contributed by atoms with Gasteiger partial charge in [0.25, 0.3) is 11.6 Å². The van der Waals surface area contributed by atoms with Crippen LogP contribution in [0, 0.1) is 16.0 Å². The van der Waals surface area contributed by atoms with Crippen LogP contribution >= 0.6 is 0 Å². The van der Waals surface area contributed by atoms with Crippen LogP contribution in [0.3, 0.4) is 0 Å². The van der Waals surface area contributed by atoms with Crippen molar-refractivity contribution < 1.29 is 14.8 Å². The Morgan fingerprint density at radius 3 is 2.80 bits per heavy atom. The number of nitrogens with one attached hydrogen (secondary N) is 1. The average molecular weight is 344 g/mol. The SMILES string of the molecule is O=C(NCC1CCCC(O)C1)c1cnn(-c2ccc([N+](=O)[O-])cc2)c1. The maximum Gasteiger partial charge on any atom is 0.269 e. The van der Waals surface area contributed by atoms with Crippen molar-refractivity contribution in [3.63, 3.8) is 0 Å². The third-order valence-corrected chi connectivity index (χ3v) is 4.48. The number of nitrogens with zero attached hydrogens (tertiary/aromatic N) is 3. The number of aliphatic hydroxyl groups is 1. The number of benzene rings is 1. The minimum atomic E-state index is -0.464. The first-order chi connectivity index (χ1) is 12.0.